The first-order chi connectivity index (χ1) is 8.86. The third-order valence-corrected chi connectivity index (χ3v) is 3.30. The number of hydrogen-bond acceptors (Lipinski definition) is 7. The minimum absolute atomic E-state index is 0.0305. The van der Waals surface area contributed by atoms with Gasteiger partial charge in [0.2, 0.25) is 5.82 Å². The van der Waals surface area contributed by atoms with Crippen molar-refractivity contribution in [3.05, 3.63) is 17.7 Å². The van der Waals surface area contributed by atoms with E-state index in [9.17, 15) is 19.8 Å². The predicted octanol–water partition coefficient (Wildman–Crippen LogP) is -0.119. The number of rotatable bonds is 5. The summed E-state index contributed by atoms with van der Waals surface area (Å²) in [5.41, 5.74) is 0.152. The number of aromatic nitrogens is 2. The first-order valence-corrected chi connectivity index (χ1v) is 6.46. The summed E-state index contributed by atoms with van der Waals surface area (Å²) in [5.74, 6) is -0.544. The van der Waals surface area contributed by atoms with Crippen LogP contribution in [0.25, 0.3) is 0 Å². The Bertz CT molecular complexity index is 474. The molecule has 1 heterocycles. The van der Waals surface area contributed by atoms with Crippen LogP contribution < -0.4 is 0 Å². The molecular formula is C11H16N2O5S. The van der Waals surface area contributed by atoms with Gasteiger partial charge in [0.05, 0.1) is 18.9 Å². The third kappa shape index (κ3) is 4.05. The summed E-state index contributed by atoms with van der Waals surface area (Å²) in [7, 11) is 2.80. The van der Waals surface area contributed by atoms with Crippen molar-refractivity contribution in [2.75, 3.05) is 12.9 Å². The van der Waals surface area contributed by atoms with Gasteiger partial charge in [0.15, 0.2) is 5.12 Å². The average Bonchev–Trinajstić information content (AvgIpc) is 2.76. The Balaban J connectivity index is 2.79. The van der Waals surface area contributed by atoms with E-state index in [1.807, 2.05) is 0 Å². The van der Waals surface area contributed by atoms with Crippen LogP contribution in [0.2, 0.25) is 0 Å². The van der Waals surface area contributed by atoms with Gasteiger partial charge in [-0.1, -0.05) is 11.8 Å². The molecule has 0 bridgehead atoms. The van der Waals surface area contributed by atoms with E-state index in [-0.39, 0.29) is 22.4 Å². The minimum atomic E-state index is -1.27. The van der Waals surface area contributed by atoms with Crippen LogP contribution in [0, 0.1) is 0 Å². The van der Waals surface area contributed by atoms with E-state index >= 15 is 0 Å². The van der Waals surface area contributed by atoms with Crippen LogP contribution in [0.3, 0.4) is 0 Å². The second-order valence-electron chi connectivity index (χ2n) is 3.91. The first kappa shape index (κ1) is 15.7. The molecule has 106 valence electrons. The summed E-state index contributed by atoms with van der Waals surface area (Å²) in [6.45, 7) is 1.37. The van der Waals surface area contributed by atoms with E-state index in [2.05, 4.69) is 9.72 Å². The van der Waals surface area contributed by atoms with Gasteiger partial charge in [-0.3, -0.25) is 4.79 Å². The standard InChI is InChI=1S/C11H16N2O5S/c1-6(14)19-5-8(15)9(16)7-4-13(2)10(12-7)11(17)18-3/h4,8-9,15-16H,5H2,1-3H3. The molecule has 1 aromatic rings. The van der Waals surface area contributed by atoms with Crippen molar-refractivity contribution in [3.8, 4) is 0 Å². The highest BCUT2D eigenvalue weighted by Gasteiger charge is 2.24. The molecule has 2 unspecified atom stereocenters. The van der Waals surface area contributed by atoms with E-state index < -0.39 is 18.2 Å². The van der Waals surface area contributed by atoms with Crippen LogP contribution in [0.4, 0.5) is 0 Å². The van der Waals surface area contributed by atoms with Crippen LogP contribution >= 0.6 is 11.8 Å². The second kappa shape index (κ2) is 6.69. The Morgan fingerprint density at radius 3 is 2.68 bits per heavy atom. The van der Waals surface area contributed by atoms with E-state index in [4.69, 9.17) is 0 Å². The summed E-state index contributed by atoms with van der Waals surface area (Å²) >= 11 is 0.909. The molecule has 0 saturated carbocycles. The second-order valence-corrected chi connectivity index (χ2v) is 5.10. The number of nitrogens with zero attached hydrogens (tertiary/aromatic N) is 2. The molecule has 0 aliphatic carbocycles. The summed E-state index contributed by atoms with van der Waals surface area (Å²) in [6.07, 6.45) is -0.982. The number of imidazole rings is 1. The molecule has 1 aromatic heterocycles. The molecule has 7 nitrogen and oxygen atoms in total. The zero-order chi connectivity index (χ0) is 14.6. The molecule has 0 aliphatic rings. The number of hydrogen-bond donors (Lipinski definition) is 2. The molecule has 0 saturated heterocycles. The van der Waals surface area contributed by atoms with Crippen molar-refractivity contribution in [2.45, 2.75) is 19.1 Å². The van der Waals surface area contributed by atoms with Gasteiger partial charge in [-0.15, -0.1) is 0 Å². The van der Waals surface area contributed by atoms with Crippen molar-refractivity contribution >= 4 is 22.8 Å². The molecule has 0 aromatic carbocycles. The zero-order valence-electron chi connectivity index (χ0n) is 10.9. The highest BCUT2D eigenvalue weighted by Crippen LogP contribution is 2.19. The largest absolute Gasteiger partial charge is 0.463 e. The summed E-state index contributed by atoms with van der Waals surface area (Å²) in [5, 5.41) is 19.5. The third-order valence-electron chi connectivity index (χ3n) is 2.39. The highest BCUT2D eigenvalue weighted by molar-refractivity contribution is 8.13. The first-order valence-electron chi connectivity index (χ1n) is 5.47. The number of carbonyl (C=O) groups excluding carboxylic acids is 2. The van der Waals surface area contributed by atoms with Gasteiger partial charge in [-0.05, 0) is 0 Å². The van der Waals surface area contributed by atoms with Crippen LogP contribution in [-0.2, 0) is 16.6 Å². The van der Waals surface area contributed by atoms with E-state index in [0.29, 0.717) is 0 Å². The predicted molar refractivity (Wildman–Crippen MR) is 68.7 cm³/mol. The molecule has 19 heavy (non-hydrogen) atoms. The molecule has 1 rings (SSSR count). The van der Waals surface area contributed by atoms with Crippen LogP contribution in [0.1, 0.15) is 29.3 Å². The number of methoxy groups -OCH3 is 1. The van der Waals surface area contributed by atoms with Gasteiger partial charge in [-0.25, -0.2) is 9.78 Å². The maximum Gasteiger partial charge on any atom is 0.374 e. The lowest BCUT2D eigenvalue weighted by Gasteiger charge is -2.14. The topological polar surface area (TPSA) is 102 Å². The summed E-state index contributed by atoms with van der Waals surface area (Å²) in [4.78, 5) is 26.1. The number of ether oxygens (including phenoxy) is 1. The fourth-order valence-corrected chi connectivity index (χ4v) is 1.99. The number of aliphatic hydroxyl groups is 2. The zero-order valence-corrected chi connectivity index (χ0v) is 11.7. The van der Waals surface area contributed by atoms with Gasteiger partial charge in [0, 0.05) is 25.9 Å². The minimum Gasteiger partial charge on any atom is -0.463 e. The van der Waals surface area contributed by atoms with Gasteiger partial charge in [0.25, 0.3) is 0 Å². The van der Waals surface area contributed by atoms with E-state index in [1.165, 1.54) is 24.8 Å². The highest BCUT2D eigenvalue weighted by atomic mass is 32.2. The molecule has 8 heteroatoms. The Labute approximate surface area is 114 Å². The number of aryl methyl sites for hydroxylation is 1. The molecule has 2 N–H and O–H groups in total. The van der Waals surface area contributed by atoms with Crippen molar-refractivity contribution in [1.29, 1.82) is 0 Å². The van der Waals surface area contributed by atoms with Crippen LogP contribution in [0.15, 0.2) is 6.20 Å². The van der Waals surface area contributed by atoms with Crippen molar-refractivity contribution < 1.29 is 24.5 Å². The number of thioether (sulfide) groups is 1. The van der Waals surface area contributed by atoms with Crippen LogP contribution in [0.5, 0.6) is 0 Å². The van der Waals surface area contributed by atoms with Crippen molar-refractivity contribution in [3.63, 3.8) is 0 Å². The molecule has 0 radical (unpaired) electrons. The lowest BCUT2D eigenvalue weighted by Crippen LogP contribution is -2.21. The summed E-state index contributed by atoms with van der Waals surface area (Å²) < 4.78 is 5.93. The molecular weight excluding hydrogens is 272 g/mol. The van der Waals surface area contributed by atoms with Crippen molar-refractivity contribution in [1.82, 2.24) is 9.55 Å². The normalized spacial score (nSPS) is 13.9. The smallest absolute Gasteiger partial charge is 0.374 e. The Morgan fingerprint density at radius 1 is 1.53 bits per heavy atom. The quantitative estimate of drug-likeness (QED) is 0.728. The SMILES string of the molecule is COC(=O)c1nc(C(O)C(O)CSC(C)=O)cn1C. The molecule has 0 amide bonds. The molecule has 2 atom stereocenters. The number of carbonyl (C=O) groups is 2. The Kier molecular flexibility index (Phi) is 5.52. The fourth-order valence-electron chi connectivity index (χ4n) is 1.40. The van der Waals surface area contributed by atoms with Gasteiger partial charge in [-0.2, -0.15) is 0 Å². The summed E-state index contributed by atoms with van der Waals surface area (Å²) in [6, 6.07) is 0. The monoisotopic (exact) mass is 288 g/mol. The Hall–Kier alpha value is -1.38. The fraction of sp³-hybridized carbons (Fsp3) is 0.545. The Morgan fingerprint density at radius 2 is 2.16 bits per heavy atom. The van der Waals surface area contributed by atoms with E-state index in [1.54, 1.807) is 7.05 Å². The van der Waals surface area contributed by atoms with Gasteiger partial charge in [0.1, 0.15) is 6.10 Å². The number of esters is 1. The molecule has 0 fully saturated rings. The van der Waals surface area contributed by atoms with Crippen molar-refractivity contribution in [2.24, 2.45) is 7.05 Å². The maximum absolute atomic E-state index is 11.4. The maximum atomic E-state index is 11.4. The van der Waals surface area contributed by atoms with Gasteiger partial charge >= 0.3 is 5.97 Å². The molecule has 0 spiro atoms. The number of aliphatic hydroxyl groups excluding tert-OH is 2. The lowest BCUT2D eigenvalue weighted by molar-refractivity contribution is -0.109. The molecule has 0 aliphatic heterocycles. The van der Waals surface area contributed by atoms with Crippen LogP contribution in [-0.4, -0.2) is 49.8 Å². The van der Waals surface area contributed by atoms with Gasteiger partial charge < -0.3 is 19.5 Å². The van der Waals surface area contributed by atoms with E-state index in [0.717, 1.165) is 11.8 Å². The lowest BCUT2D eigenvalue weighted by atomic mass is 10.2. The average molecular weight is 288 g/mol.